The zero-order chi connectivity index (χ0) is 15.2. The van der Waals surface area contributed by atoms with Gasteiger partial charge >= 0.3 is 11.9 Å². The Morgan fingerprint density at radius 3 is 2.40 bits per heavy atom. The van der Waals surface area contributed by atoms with Gasteiger partial charge in [-0.05, 0) is 25.0 Å². The van der Waals surface area contributed by atoms with Gasteiger partial charge < -0.3 is 14.6 Å². The van der Waals surface area contributed by atoms with Crippen LogP contribution in [0.5, 0.6) is 5.75 Å². The van der Waals surface area contributed by atoms with E-state index in [9.17, 15) is 14.7 Å². The van der Waals surface area contributed by atoms with Crippen LogP contribution in [0.25, 0.3) is 0 Å². The fourth-order valence-electron chi connectivity index (χ4n) is 2.10. The molecule has 1 N–H and O–H groups in total. The number of carbonyl (C=O) groups excluding carboxylic acids is 1. The lowest BCUT2D eigenvalue weighted by Gasteiger charge is -2.26. The standard InChI is InChI=1S/C15H20O5/c1-4-15(13(16)17,14(18)20-5-2)10-11-8-6-7-9-12(11)19-3/h6-9H,4-5,10H2,1-3H3,(H,16,17). The van der Waals surface area contributed by atoms with E-state index in [-0.39, 0.29) is 19.4 Å². The average Bonchev–Trinajstić information content (AvgIpc) is 2.45. The summed E-state index contributed by atoms with van der Waals surface area (Å²) in [7, 11) is 1.51. The topological polar surface area (TPSA) is 72.8 Å². The lowest BCUT2D eigenvalue weighted by molar-refractivity contribution is -0.168. The molecule has 5 heteroatoms. The van der Waals surface area contributed by atoms with Gasteiger partial charge in [0, 0.05) is 6.42 Å². The van der Waals surface area contributed by atoms with Crippen molar-refractivity contribution in [1.29, 1.82) is 0 Å². The molecular weight excluding hydrogens is 260 g/mol. The highest BCUT2D eigenvalue weighted by molar-refractivity contribution is 5.99. The van der Waals surface area contributed by atoms with E-state index >= 15 is 0 Å². The van der Waals surface area contributed by atoms with E-state index in [2.05, 4.69) is 0 Å². The second kappa shape index (κ2) is 6.93. The minimum Gasteiger partial charge on any atom is -0.496 e. The van der Waals surface area contributed by atoms with Gasteiger partial charge in [-0.3, -0.25) is 9.59 Å². The molecule has 0 aliphatic carbocycles. The number of methoxy groups -OCH3 is 1. The van der Waals surface area contributed by atoms with Crippen LogP contribution in [0.3, 0.4) is 0 Å². The lowest BCUT2D eigenvalue weighted by Crippen LogP contribution is -2.42. The predicted octanol–water partition coefficient (Wildman–Crippen LogP) is 2.28. The van der Waals surface area contributed by atoms with Crippen molar-refractivity contribution in [2.45, 2.75) is 26.7 Å². The SMILES string of the molecule is CCOC(=O)C(CC)(Cc1ccccc1OC)C(=O)O. The summed E-state index contributed by atoms with van der Waals surface area (Å²) in [4.78, 5) is 23.7. The van der Waals surface area contributed by atoms with E-state index in [0.29, 0.717) is 11.3 Å². The average molecular weight is 280 g/mol. The fraction of sp³-hybridized carbons (Fsp3) is 0.467. The molecule has 1 aromatic rings. The summed E-state index contributed by atoms with van der Waals surface area (Å²) in [5, 5.41) is 9.50. The molecule has 0 aliphatic heterocycles. The molecule has 0 saturated heterocycles. The van der Waals surface area contributed by atoms with Gasteiger partial charge in [-0.25, -0.2) is 0 Å². The maximum atomic E-state index is 12.1. The number of benzene rings is 1. The van der Waals surface area contributed by atoms with E-state index in [1.54, 1.807) is 38.1 Å². The van der Waals surface area contributed by atoms with Crippen LogP contribution >= 0.6 is 0 Å². The van der Waals surface area contributed by atoms with Crippen molar-refractivity contribution in [2.24, 2.45) is 5.41 Å². The van der Waals surface area contributed by atoms with Crippen molar-refractivity contribution in [2.75, 3.05) is 13.7 Å². The van der Waals surface area contributed by atoms with Crippen LogP contribution in [-0.2, 0) is 20.7 Å². The second-order valence-corrected chi connectivity index (χ2v) is 4.45. The fourth-order valence-corrected chi connectivity index (χ4v) is 2.10. The highest BCUT2D eigenvalue weighted by Crippen LogP contribution is 2.33. The van der Waals surface area contributed by atoms with Crippen LogP contribution < -0.4 is 4.74 Å². The quantitative estimate of drug-likeness (QED) is 0.612. The van der Waals surface area contributed by atoms with Gasteiger partial charge in [0.2, 0.25) is 0 Å². The second-order valence-electron chi connectivity index (χ2n) is 4.45. The Balaban J connectivity index is 3.19. The Hall–Kier alpha value is -2.04. The third kappa shape index (κ3) is 3.10. The number of hydrogen-bond acceptors (Lipinski definition) is 4. The van der Waals surface area contributed by atoms with Crippen molar-refractivity contribution >= 4 is 11.9 Å². The first kappa shape index (κ1) is 16.0. The van der Waals surface area contributed by atoms with Crippen LogP contribution in [0.2, 0.25) is 0 Å². The number of carboxylic acids is 1. The summed E-state index contributed by atoms with van der Waals surface area (Å²) in [6, 6.07) is 7.07. The molecule has 0 amide bonds. The summed E-state index contributed by atoms with van der Waals surface area (Å²) in [6.45, 7) is 3.48. The normalized spacial score (nSPS) is 13.3. The van der Waals surface area contributed by atoms with E-state index in [1.807, 2.05) is 0 Å². The van der Waals surface area contributed by atoms with Gasteiger partial charge in [0.25, 0.3) is 0 Å². The Morgan fingerprint density at radius 1 is 1.25 bits per heavy atom. The monoisotopic (exact) mass is 280 g/mol. The van der Waals surface area contributed by atoms with Crippen molar-refractivity contribution in [3.05, 3.63) is 29.8 Å². The summed E-state index contributed by atoms with van der Waals surface area (Å²) in [5.41, 5.74) is -0.905. The van der Waals surface area contributed by atoms with Gasteiger partial charge in [0.05, 0.1) is 13.7 Å². The molecule has 0 spiro atoms. The highest BCUT2D eigenvalue weighted by atomic mass is 16.5. The van der Waals surface area contributed by atoms with Crippen LogP contribution in [0.15, 0.2) is 24.3 Å². The molecule has 5 nitrogen and oxygen atoms in total. The summed E-state index contributed by atoms with van der Waals surface area (Å²) in [6.07, 6.45) is 0.195. The van der Waals surface area contributed by atoms with Gasteiger partial charge in [-0.1, -0.05) is 25.1 Å². The van der Waals surface area contributed by atoms with Crippen molar-refractivity contribution < 1.29 is 24.2 Å². The van der Waals surface area contributed by atoms with Crippen LogP contribution in [0.1, 0.15) is 25.8 Å². The van der Waals surface area contributed by atoms with E-state index in [1.165, 1.54) is 7.11 Å². The molecule has 1 rings (SSSR count). The number of para-hydroxylation sites is 1. The van der Waals surface area contributed by atoms with Crippen LogP contribution in [0, 0.1) is 5.41 Å². The Labute approximate surface area is 118 Å². The molecule has 110 valence electrons. The zero-order valence-electron chi connectivity index (χ0n) is 12.0. The number of esters is 1. The van der Waals surface area contributed by atoms with Gasteiger partial charge in [-0.2, -0.15) is 0 Å². The number of rotatable bonds is 7. The summed E-state index contributed by atoms with van der Waals surface area (Å²) in [5.74, 6) is -1.32. The first-order valence-electron chi connectivity index (χ1n) is 6.54. The maximum Gasteiger partial charge on any atom is 0.323 e. The third-order valence-corrected chi connectivity index (χ3v) is 3.36. The molecule has 0 saturated carbocycles. The number of ether oxygens (including phenoxy) is 2. The minimum atomic E-state index is -1.58. The van der Waals surface area contributed by atoms with E-state index in [0.717, 1.165) is 0 Å². The van der Waals surface area contributed by atoms with Crippen molar-refractivity contribution in [3.8, 4) is 5.75 Å². The Kier molecular flexibility index (Phi) is 5.55. The van der Waals surface area contributed by atoms with Gasteiger partial charge in [0.1, 0.15) is 5.75 Å². The zero-order valence-corrected chi connectivity index (χ0v) is 12.0. The van der Waals surface area contributed by atoms with Gasteiger partial charge in [-0.15, -0.1) is 0 Å². The predicted molar refractivity (Wildman–Crippen MR) is 73.7 cm³/mol. The number of hydrogen-bond donors (Lipinski definition) is 1. The summed E-state index contributed by atoms with van der Waals surface area (Å²) >= 11 is 0. The molecule has 0 bridgehead atoms. The lowest BCUT2D eigenvalue weighted by atomic mass is 9.79. The van der Waals surface area contributed by atoms with Crippen LogP contribution in [0.4, 0.5) is 0 Å². The summed E-state index contributed by atoms with van der Waals surface area (Å²) < 4.78 is 10.2. The van der Waals surface area contributed by atoms with Crippen LogP contribution in [-0.4, -0.2) is 30.8 Å². The molecule has 0 aliphatic rings. The van der Waals surface area contributed by atoms with E-state index < -0.39 is 17.4 Å². The number of carboxylic acid groups (broad SMARTS) is 1. The first-order chi connectivity index (χ1) is 9.51. The molecule has 0 heterocycles. The molecule has 0 radical (unpaired) electrons. The third-order valence-electron chi connectivity index (χ3n) is 3.36. The van der Waals surface area contributed by atoms with Gasteiger partial charge in [0.15, 0.2) is 5.41 Å². The molecule has 0 aromatic heterocycles. The Bertz CT molecular complexity index is 483. The van der Waals surface area contributed by atoms with E-state index in [4.69, 9.17) is 9.47 Å². The number of aliphatic carboxylic acids is 1. The smallest absolute Gasteiger partial charge is 0.323 e. The molecule has 1 unspecified atom stereocenters. The molecule has 1 aromatic carbocycles. The highest BCUT2D eigenvalue weighted by Gasteiger charge is 2.46. The molecular formula is C15H20O5. The largest absolute Gasteiger partial charge is 0.496 e. The number of carbonyl (C=O) groups is 2. The Morgan fingerprint density at radius 2 is 1.90 bits per heavy atom. The maximum absolute atomic E-state index is 12.1. The minimum absolute atomic E-state index is 0.0433. The van der Waals surface area contributed by atoms with Crippen molar-refractivity contribution in [3.63, 3.8) is 0 Å². The van der Waals surface area contributed by atoms with Crippen molar-refractivity contribution in [1.82, 2.24) is 0 Å². The molecule has 1 atom stereocenters. The molecule has 0 fully saturated rings. The molecule has 20 heavy (non-hydrogen) atoms. The first-order valence-corrected chi connectivity index (χ1v) is 6.54.